The van der Waals surface area contributed by atoms with Gasteiger partial charge in [-0.1, -0.05) is 30.7 Å². The van der Waals surface area contributed by atoms with Gasteiger partial charge in [0.1, 0.15) is 0 Å². The van der Waals surface area contributed by atoms with E-state index < -0.39 is 10.0 Å². The molecule has 2 rings (SSSR count). The molecule has 0 spiro atoms. The largest absolute Gasteiger partial charge is 0.212 e. The summed E-state index contributed by atoms with van der Waals surface area (Å²) < 4.78 is 27.1. The second kappa shape index (κ2) is 6.78. The van der Waals surface area contributed by atoms with Gasteiger partial charge in [-0.15, -0.1) is 0 Å². The van der Waals surface area contributed by atoms with Gasteiger partial charge in [0, 0.05) is 17.5 Å². The number of halogens is 1. The van der Waals surface area contributed by atoms with E-state index >= 15 is 0 Å². The van der Waals surface area contributed by atoms with Crippen LogP contribution >= 0.6 is 11.6 Å². The molecule has 0 aromatic heterocycles. The summed E-state index contributed by atoms with van der Waals surface area (Å²) in [5.74, 6) is 0.843. The van der Waals surface area contributed by atoms with Crippen LogP contribution < -0.4 is 4.72 Å². The predicted molar refractivity (Wildman–Crippen MR) is 83.2 cm³/mol. The van der Waals surface area contributed by atoms with Crippen LogP contribution in [0.1, 0.15) is 37.8 Å². The van der Waals surface area contributed by atoms with Crippen molar-refractivity contribution in [3.05, 3.63) is 34.9 Å². The molecule has 1 aromatic carbocycles. The first-order chi connectivity index (χ1) is 9.93. The molecule has 1 aliphatic rings. The van der Waals surface area contributed by atoms with Crippen LogP contribution in [0, 0.1) is 23.2 Å². The highest BCUT2D eigenvalue weighted by molar-refractivity contribution is 7.89. The van der Waals surface area contributed by atoms with E-state index in [1.807, 2.05) is 18.2 Å². The second-order valence-electron chi connectivity index (χ2n) is 5.60. The molecule has 0 amide bonds. The lowest BCUT2D eigenvalue weighted by atomic mass is 10.0. The van der Waals surface area contributed by atoms with Crippen LogP contribution in [-0.2, 0) is 10.0 Å². The standard InChI is InChI=1S/C15H19ClN2O2S/c1-11-10-14(11)15(12-4-6-13(16)7-5-12)18-21(19,20)9-3-2-8-17/h4-7,11,14-15,18H,2-3,9-10H2,1H3/t11-,14+,15+/m0/s1. The van der Waals surface area contributed by atoms with E-state index in [1.165, 1.54) is 0 Å². The van der Waals surface area contributed by atoms with E-state index in [1.54, 1.807) is 12.1 Å². The van der Waals surface area contributed by atoms with Crippen molar-refractivity contribution >= 4 is 21.6 Å². The van der Waals surface area contributed by atoms with Crippen LogP contribution in [-0.4, -0.2) is 14.2 Å². The molecule has 0 heterocycles. The molecule has 0 bridgehead atoms. The molecule has 0 unspecified atom stereocenters. The summed E-state index contributed by atoms with van der Waals surface area (Å²) in [6, 6.07) is 9.06. The van der Waals surface area contributed by atoms with Gasteiger partial charge in [0.2, 0.25) is 10.0 Å². The highest BCUT2D eigenvalue weighted by atomic mass is 35.5. The average Bonchev–Trinajstić information content (AvgIpc) is 3.14. The molecule has 1 saturated carbocycles. The van der Waals surface area contributed by atoms with E-state index in [-0.39, 0.29) is 18.2 Å². The van der Waals surface area contributed by atoms with Crippen molar-refractivity contribution in [2.75, 3.05) is 5.75 Å². The van der Waals surface area contributed by atoms with Crippen molar-refractivity contribution in [2.24, 2.45) is 11.8 Å². The molecule has 0 saturated heterocycles. The van der Waals surface area contributed by atoms with Crippen molar-refractivity contribution in [1.82, 2.24) is 4.72 Å². The summed E-state index contributed by atoms with van der Waals surface area (Å²) in [4.78, 5) is 0. The number of unbranched alkanes of at least 4 members (excludes halogenated alkanes) is 1. The highest BCUT2D eigenvalue weighted by Crippen LogP contribution is 2.47. The Hall–Kier alpha value is -1.09. The number of rotatable bonds is 7. The number of nitriles is 1. The number of sulfonamides is 1. The molecule has 1 aromatic rings. The first kappa shape index (κ1) is 16.3. The normalized spacial score (nSPS) is 22.5. The molecule has 6 heteroatoms. The summed E-state index contributed by atoms with van der Waals surface area (Å²) in [7, 11) is -3.37. The van der Waals surface area contributed by atoms with Crippen molar-refractivity contribution in [3.63, 3.8) is 0 Å². The molecule has 0 radical (unpaired) electrons. The van der Waals surface area contributed by atoms with E-state index in [0.717, 1.165) is 12.0 Å². The van der Waals surface area contributed by atoms with Crippen molar-refractivity contribution in [1.29, 1.82) is 5.26 Å². The van der Waals surface area contributed by atoms with E-state index in [4.69, 9.17) is 16.9 Å². The minimum Gasteiger partial charge on any atom is -0.212 e. The Labute approximate surface area is 131 Å². The van der Waals surface area contributed by atoms with E-state index in [9.17, 15) is 8.42 Å². The topological polar surface area (TPSA) is 70.0 Å². The summed E-state index contributed by atoms with van der Waals surface area (Å²) in [5, 5.41) is 9.14. The number of nitrogens with zero attached hydrogens (tertiary/aromatic N) is 1. The number of hydrogen-bond acceptors (Lipinski definition) is 3. The van der Waals surface area contributed by atoms with Gasteiger partial charge in [0.25, 0.3) is 0 Å². The molecule has 21 heavy (non-hydrogen) atoms. The first-order valence-electron chi connectivity index (χ1n) is 7.05. The van der Waals surface area contributed by atoms with Gasteiger partial charge in [-0.05, 0) is 42.4 Å². The zero-order chi connectivity index (χ0) is 15.5. The Morgan fingerprint density at radius 1 is 1.43 bits per heavy atom. The van der Waals surface area contributed by atoms with Gasteiger partial charge in [-0.2, -0.15) is 5.26 Å². The molecule has 114 valence electrons. The van der Waals surface area contributed by atoms with Crippen LogP contribution in [0.2, 0.25) is 5.02 Å². The van der Waals surface area contributed by atoms with Crippen LogP contribution in [0.3, 0.4) is 0 Å². The molecule has 3 atom stereocenters. The minimum absolute atomic E-state index is 0.00818. The Kier molecular flexibility index (Phi) is 5.26. The zero-order valence-corrected chi connectivity index (χ0v) is 13.5. The maximum Gasteiger partial charge on any atom is 0.212 e. The van der Waals surface area contributed by atoms with Gasteiger partial charge in [0.05, 0.1) is 11.8 Å². The van der Waals surface area contributed by atoms with Gasteiger partial charge in [0.15, 0.2) is 0 Å². The highest BCUT2D eigenvalue weighted by Gasteiger charge is 2.41. The van der Waals surface area contributed by atoms with Gasteiger partial charge >= 0.3 is 0 Å². The maximum atomic E-state index is 12.1. The molecule has 1 N–H and O–H groups in total. The van der Waals surface area contributed by atoms with Gasteiger partial charge in [-0.3, -0.25) is 0 Å². The van der Waals surface area contributed by atoms with Crippen molar-refractivity contribution in [3.8, 4) is 6.07 Å². The summed E-state index contributed by atoms with van der Waals surface area (Å²) in [6.45, 7) is 2.12. The predicted octanol–water partition coefficient (Wildman–Crippen LogP) is 3.26. The van der Waals surface area contributed by atoms with Crippen LogP contribution in [0.4, 0.5) is 0 Å². The SMILES string of the molecule is C[C@H]1C[C@H]1[C@H](NS(=O)(=O)CCCC#N)c1ccc(Cl)cc1. The van der Waals surface area contributed by atoms with E-state index in [0.29, 0.717) is 23.3 Å². The molecular formula is C15H19ClN2O2S. The minimum atomic E-state index is -3.37. The fourth-order valence-corrected chi connectivity index (χ4v) is 3.95. The molecule has 4 nitrogen and oxygen atoms in total. The number of nitrogens with one attached hydrogen (secondary N) is 1. The van der Waals surface area contributed by atoms with Crippen LogP contribution in [0.15, 0.2) is 24.3 Å². The summed E-state index contributed by atoms with van der Waals surface area (Å²) >= 11 is 5.89. The van der Waals surface area contributed by atoms with Gasteiger partial charge in [-0.25, -0.2) is 13.1 Å². The van der Waals surface area contributed by atoms with E-state index in [2.05, 4.69) is 11.6 Å². The Balaban J connectivity index is 2.11. The lowest BCUT2D eigenvalue weighted by Gasteiger charge is -2.19. The average molecular weight is 327 g/mol. The lowest BCUT2D eigenvalue weighted by Crippen LogP contribution is -2.32. The van der Waals surface area contributed by atoms with Crippen molar-refractivity contribution in [2.45, 2.75) is 32.2 Å². The first-order valence-corrected chi connectivity index (χ1v) is 9.08. The smallest absolute Gasteiger partial charge is 0.212 e. The maximum absolute atomic E-state index is 12.1. The van der Waals surface area contributed by atoms with Crippen LogP contribution in [0.5, 0.6) is 0 Å². The third-order valence-corrected chi connectivity index (χ3v) is 5.53. The molecule has 1 aliphatic carbocycles. The Morgan fingerprint density at radius 2 is 2.05 bits per heavy atom. The second-order valence-corrected chi connectivity index (χ2v) is 7.91. The summed E-state index contributed by atoms with van der Waals surface area (Å²) in [5.41, 5.74) is 0.942. The quantitative estimate of drug-likeness (QED) is 0.782. The molecular weight excluding hydrogens is 308 g/mol. The summed E-state index contributed by atoms with van der Waals surface area (Å²) in [6.07, 6.45) is 1.64. The third-order valence-electron chi connectivity index (χ3n) is 3.84. The van der Waals surface area contributed by atoms with Crippen molar-refractivity contribution < 1.29 is 8.42 Å². The van der Waals surface area contributed by atoms with Crippen LogP contribution in [0.25, 0.3) is 0 Å². The zero-order valence-electron chi connectivity index (χ0n) is 11.9. The number of hydrogen-bond donors (Lipinski definition) is 1. The third kappa shape index (κ3) is 4.70. The number of benzene rings is 1. The monoisotopic (exact) mass is 326 g/mol. The fraction of sp³-hybridized carbons (Fsp3) is 0.533. The lowest BCUT2D eigenvalue weighted by molar-refractivity contribution is 0.512. The van der Waals surface area contributed by atoms with Gasteiger partial charge < -0.3 is 0 Å². The Bertz CT molecular complexity index is 622. The molecule has 0 aliphatic heterocycles. The molecule has 1 fully saturated rings. The fourth-order valence-electron chi connectivity index (χ4n) is 2.48. The Morgan fingerprint density at radius 3 is 2.57 bits per heavy atom.